The van der Waals surface area contributed by atoms with Crippen LogP contribution in [0.1, 0.15) is 5.56 Å². The summed E-state index contributed by atoms with van der Waals surface area (Å²) >= 11 is 1.12. The molecule has 0 atom stereocenters. The zero-order chi connectivity index (χ0) is 17.6. The second-order valence-electron chi connectivity index (χ2n) is 4.88. The Kier molecular flexibility index (Phi) is 5.01. The number of nitriles is 1. The smallest absolute Gasteiger partial charge is 0.234 e. The molecule has 0 unspecified atom stereocenters. The van der Waals surface area contributed by atoms with Crippen molar-refractivity contribution in [3.8, 4) is 11.8 Å². The molecule has 0 bridgehead atoms. The van der Waals surface area contributed by atoms with Crippen molar-refractivity contribution in [2.45, 2.75) is 5.16 Å². The van der Waals surface area contributed by atoms with Crippen LogP contribution in [0.4, 0.5) is 10.1 Å². The number of aromatic nitrogens is 4. The SMILES string of the molecule is N#Cc1cccc(NC(=O)CSc2nnnn2-c2cccc(F)c2)c1. The summed E-state index contributed by atoms with van der Waals surface area (Å²) in [4.78, 5) is 12.1. The Bertz CT molecular complexity index is 952. The summed E-state index contributed by atoms with van der Waals surface area (Å²) < 4.78 is 14.7. The predicted molar refractivity (Wildman–Crippen MR) is 89.6 cm³/mol. The molecule has 7 nitrogen and oxygen atoms in total. The van der Waals surface area contributed by atoms with E-state index < -0.39 is 5.82 Å². The van der Waals surface area contributed by atoms with Gasteiger partial charge in [0.2, 0.25) is 11.1 Å². The molecule has 3 aromatic rings. The first-order valence-electron chi connectivity index (χ1n) is 7.13. The number of thioether (sulfide) groups is 1. The zero-order valence-corrected chi connectivity index (χ0v) is 13.6. The van der Waals surface area contributed by atoms with E-state index in [1.165, 1.54) is 16.8 Å². The number of nitrogens with zero attached hydrogens (tertiary/aromatic N) is 5. The van der Waals surface area contributed by atoms with E-state index in [1.54, 1.807) is 36.4 Å². The van der Waals surface area contributed by atoms with Gasteiger partial charge in [-0.3, -0.25) is 4.79 Å². The van der Waals surface area contributed by atoms with Crippen LogP contribution in [-0.2, 0) is 4.79 Å². The largest absolute Gasteiger partial charge is 0.325 e. The van der Waals surface area contributed by atoms with Crippen molar-refractivity contribution in [3.05, 3.63) is 59.9 Å². The molecule has 0 spiro atoms. The van der Waals surface area contributed by atoms with Crippen LogP contribution >= 0.6 is 11.8 Å². The van der Waals surface area contributed by atoms with Crippen LogP contribution in [-0.4, -0.2) is 31.9 Å². The zero-order valence-electron chi connectivity index (χ0n) is 12.8. The van der Waals surface area contributed by atoms with Crippen molar-refractivity contribution in [2.75, 3.05) is 11.1 Å². The minimum atomic E-state index is -0.404. The molecule has 0 radical (unpaired) electrons. The van der Waals surface area contributed by atoms with Gasteiger partial charge < -0.3 is 5.32 Å². The van der Waals surface area contributed by atoms with Gasteiger partial charge in [-0.15, -0.1) is 5.10 Å². The molecule has 1 heterocycles. The third kappa shape index (κ3) is 4.19. The molecule has 0 fully saturated rings. The van der Waals surface area contributed by atoms with Gasteiger partial charge in [-0.1, -0.05) is 23.9 Å². The fourth-order valence-electron chi connectivity index (χ4n) is 2.03. The highest BCUT2D eigenvalue weighted by molar-refractivity contribution is 7.99. The number of hydrogen-bond donors (Lipinski definition) is 1. The Morgan fingerprint density at radius 3 is 2.92 bits per heavy atom. The Balaban J connectivity index is 1.65. The Hall–Kier alpha value is -3.25. The van der Waals surface area contributed by atoms with Gasteiger partial charge in [0.05, 0.1) is 23.1 Å². The molecule has 0 aliphatic carbocycles. The van der Waals surface area contributed by atoms with Crippen LogP contribution in [0.3, 0.4) is 0 Å². The first-order valence-corrected chi connectivity index (χ1v) is 8.11. The summed E-state index contributed by atoms with van der Waals surface area (Å²) in [5, 5.41) is 23.2. The molecule has 2 aromatic carbocycles. The molecule has 9 heteroatoms. The molecule has 0 aliphatic heterocycles. The van der Waals surface area contributed by atoms with Gasteiger partial charge in [0.1, 0.15) is 5.82 Å². The quantitative estimate of drug-likeness (QED) is 0.707. The van der Waals surface area contributed by atoms with Gasteiger partial charge in [-0.2, -0.15) is 9.94 Å². The number of tetrazole rings is 1. The summed E-state index contributed by atoms with van der Waals surface area (Å²) in [5.74, 6) is -0.611. The van der Waals surface area contributed by atoms with Crippen molar-refractivity contribution in [1.29, 1.82) is 5.26 Å². The average molecular weight is 354 g/mol. The second kappa shape index (κ2) is 7.55. The van der Waals surface area contributed by atoms with E-state index in [-0.39, 0.29) is 11.7 Å². The lowest BCUT2D eigenvalue weighted by molar-refractivity contribution is -0.113. The summed E-state index contributed by atoms with van der Waals surface area (Å²) in [6.07, 6.45) is 0. The van der Waals surface area contributed by atoms with Crippen molar-refractivity contribution >= 4 is 23.4 Å². The van der Waals surface area contributed by atoms with E-state index in [1.807, 2.05) is 6.07 Å². The third-order valence-electron chi connectivity index (χ3n) is 3.10. The van der Waals surface area contributed by atoms with Gasteiger partial charge in [0, 0.05) is 5.69 Å². The van der Waals surface area contributed by atoms with Crippen molar-refractivity contribution in [2.24, 2.45) is 0 Å². The van der Waals surface area contributed by atoms with Crippen LogP contribution in [0.25, 0.3) is 5.69 Å². The number of amides is 1. The molecule has 0 saturated carbocycles. The molecule has 1 N–H and O–H groups in total. The van der Waals surface area contributed by atoms with Gasteiger partial charge in [0.25, 0.3) is 0 Å². The third-order valence-corrected chi connectivity index (χ3v) is 4.02. The van der Waals surface area contributed by atoms with Gasteiger partial charge in [-0.25, -0.2) is 4.39 Å². The normalized spacial score (nSPS) is 10.2. The highest BCUT2D eigenvalue weighted by Crippen LogP contribution is 2.19. The fourth-order valence-corrected chi connectivity index (χ4v) is 2.72. The Morgan fingerprint density at radius 1 is 1.28 bits per heavy atom. The van der Waals surface area contributed by atoms with Crippen molar-refractivity contribution in [3.63, 3.8) is 0 Å². The van der Waals surface area contributed by atoms with Crippen LogP contribution in [0.5, 0.6) is 0 Å². The first kappa shape index (κ1) is 16.6. The van der Waals surface area contributed by atoms with E-state index in [4.69, 9.17) is 5.26 Å². The molecule has 1 aromatic heterocycles. The summed E-state index contributed by atoms with van der Waals surface area (Å²) in [6, 6.07) is 14.5. The minimum absolute atomic E-state index is 0.0620. The molecule has 124 valence electrons. The van der Waals surface area contributed by atoms with Crippen molar-refractivity contribution < 1.29 is 9.18 Å². The monoisotopic (exact) mass is 354 g/mol. The molecule has 0 aliphatic rings. The maximum atomic E-state index is 13.3. The van der Waals surface area contributed by atoms with Gasteiger partial charge in [0.15, 0.2) is 0 Å². The molecular weight excluding hydrogens is 343 g/mol. The Labute approximate surface area is 146 Å². The number of benzene rings is 2. The number of halogens is 1. The summed E-state index contributed by atoms with van der Waals surface area (Å²) in [6.45, 7) is 0. The number of rotatable bonds is 5. The number of carbonyl (C=O) groups is 1. The second-order valence-corrected chi connectivity index (χ2v) is 5.83. The predicted octanol–water partition coefficient (Wildman–Crippen LogP) is 2.40. The van der Waals surface area contributed by atoms with Crippen LogP contribution in [0.15, 0.2) is 53.7 Å². The van der Waals surface area contributed by atoms with E-state index in [0.29, 0.717) is 22.1 Å². The Morgan fingerprint density at radius 2 is 2.12 bits per heavy atom. The highest BCUT2D eigenvalue weighted by Gasteiger charge is 2.12. The molecule has 3 rings (SSSR count). The van der Waals surface area contributed by atoms with Crippen LogP contribution in [0.2, 0.25) is 0 Å². The van der Waals surface area contributed by atoms with Crippen LogP contribution < -0.4 is 5.32 Å². The maximum absolute atomic E-state index is 13.3. The molecule has 0 saturated heterocycles. The molecule has 25 heavy (non-hydrogen) atoms. The topological polar surface area (TPSA) is 96.5 Å². The lowest BCUT2D eigenvalue weighted by Gasteiger charge is -2.06. The fraction of sp³-hybridized carbons (Fsp3) is 0.0625. The summed E-state index contributed by atoms with van der Waals surface area (Å²) in [7, 11) is 0. The first-order chi connectivity index (χ1) is 12.2. The maximum Gasteiger partial charge on any atom is 0.234 e. The summed E-state index contributed by atoms with van der Waals surface area (Å²) in [5.41, 5.74) is 1.46. The number of carbonyl (C=O) groups excluding carboxylic acids is 1. The van der Waals surface area contributed by atoms with E-state index in [0.717, 1.165) is 11.8 Å². The lowest BCUT2D eigenvalue weighted by Crippen LogP contribution is -2.14. The van der Waals surface area contributed by atoms with E-state index in [9.17, 15) is 9.18 Å². The van der Waals surface area contributed by atoms with Crippen LogP contribution in [0, 0.1) is 17.1 Å². The number of hydrogen-bond acceptors (Lipinski definition) is 6. The minimum Gasteiger partial charge on any atom is -0.325 e. The number of nitrogens with one attached hydrogen (secondary N) is 1. The standard InChI is InChI=1S/C16H11FN6OS/c17-12-4-2-6-14(8-12)23-16(20-21-22-23)25-10-15(24)19-13-5-1-3-11(7-13)9-18/h1-8H,10H2,(H,19,24). The molecule has 1 amide bonds. The van der Waals surface area contributed by atoms with Gasteiger partial charge in [-0.05, 0) is 46.8 Å². The highest BCUT2D eigenvalue weighted by atomic mass is 32.2. The average Bonchev–Trinajstić information content (AvgIpc) is 3.09. The van der Waals surface area contributed by atoms with E-state index in [2.05, 4.69) is 20.8 Å². The molecular formula is C16H11FN6OS. The van der Waals surface area contributed by atoms with Crippen molar-refractivity contribution in [1.82, 2.24) is 20.2 Å². The van der Waals surface area contributed by atoms with Gasteiger partial charge >= 0.3 is 0 Å². The lowest BCUT2D eigenvalue weighted by atomic mass is 10.2. The number of anilines is 1. The van der Waals surface area contributed by atoms with E-state index >= 15 is 0 Å².